The summed E-state index contributed by atoms with van der Waals surface area (Å²) in [6.45, 7) is 2.48. The first-order valence-electron chi connectivity index (χ1n) is 11.0. The van der Waals surface area contributed by atoms with Crippen molar-refractivity contribution in [3.05, 3.63) is 95.2 Å². The molecule has 0 spiro atoms. The van der Waals surface area contributed by atoms with Crippen LogP contribution in [0.15, 0.2) is 77.9 Å². The van der Waals surface area contributed by atoms with Gasteiger partial charge in [-0.25, -0.2) is 5.43 Å². The molecule has 2 N–H and O–H groups in total. The number of H-pyrrole nitrogens is 1. The molecule has 0 unspecified atom stereocenters. The second-order valence-electron chi connectivity index (χ2n) is 7.78. The number of nitrogens with one attached hydrogen (secondary N) is 2. The van der Waals surface area contributed by atoms with E-state index >= 15 is 0 Å². The number of carbonyl (C=O) groups is 1. The zero-order chi connectivity index (χ0) is 24.6. The van der Waals surface area contributed by atoms with E-state index in [0.29, 0.717) is 23.8 Å². The first-order chi connectivity index (χ1) is 17.1. The lowest BCUT2D eigenvalue weighted by Gasteiger charge is -2.12. The van der Waals surface area contributed by atoms with Gasteiger partial charge in [-0.3, -0.25) is 9.89 Å². The molecule has 1 aromatic heterocycles. The van der Waals surface area contributed by atoms with Gasteiger partial charge in [0.2, 0.25) is 0 Å². The Kier molecular flexibility index (Phi) is 7.42. The summed E-state index contributed by atoms with van der Waals surface area (Å²) < 4.78 is 16.6. The summed E-state index contributed by atoms with van der Waals surface area (Å²) in [5, 5.41) is 11.0. The van der Waals surface area contributed by atoms with Crippen LogP contribution >= 0.6 is 0 Å². The summed E-state index contributed by atoms with van der Waals surface area (Å²) in [7, 11) is 3.19. The number of methoxy groups -OCH3 is 2. The molecule has 0 radical (unpaired) electrons. The molecule has 1 amide bonds. The molecule has 0 aliphatic heterocycles. The van der Waals surface area contributed by atoms with Crippen molar-refractivity contribution in [2.75, 3.05) is 14.2 Å². The lowest BCUT2D eigenvalue weighted by atomic mass is 10.1. The first kappa shape index (κ1) is 23.6. The van der Waals surface area contributed by atoms with Gasteiger partial charge in [0.15, 0.2) is 11.5 Å². The summed E-state index contributed by atoms with van der Waals surface area (Å²) >= 11 is 0. The predicted octanol–water partition coefficient (Wildman–Crippen LogP) is 4.75. The molecule has 0 atom stereocenters. The third-order valence-electron chi connectivity index (χ3n) is 5.29. The third-order valence-corrected chi connectivity index (χ3v) is 5.29. The number of aromatic amines is 1. The molecule has 8 heteroatoms. The van der Waals surface area contributed by atoms with Crippen LogP contribution in [0, 0.1) is 6.92 Å². The monoisotopic (exact) mass is 470 g/mol. The van der Waals surface area contributed by atoms with E-state index in [0.717, 1.165) is 22.4 Å². The maximum absolute atomic E-state index is 12.4. The Hall–Kier alpha value is -4.59. The first-order valence-corrected chi connectivity index (χ1v) is 11.0. The fraction of sp³-hybridized carbons (Fsp3) is 0.148. The largest absolute Gasteiger partial charge is 0.497 e. The SMILES string of the molecule is COc1ccc(C=NNC(=O)c2cc(-c3ccc(OCc4ccc(C)cc4)c(OC)c3)n[nH]2)cc1. The second-order valence-corrected chi connectivity index (χ2v) is 7.78. The number of aromatic nitrogens is 2. The minimum Gasteiger partial charge on any atom is -0.497 e. The number of ether oxygens (including phenoxy) is 3. The van der Waals surface area contributed by atoms with Crippen LogP contribution in [-0.2, 0) is 6.61 Å². The Morgan fingerprint density at radius 2 is 1.74 bits per heavy atom. The fourth-order valence-corrected chi connectivity index (χ4v) is 3.29. The van der Waals surface area contributed by atoms with Crippen molar-refractivity contribution < 1.29 is 19.0 Å². The van der Waals surface area contributed by atoms with Crippen molar-refractivity contribution in [1.29, 1.82) is 0 Å². The minimum absolute atomic E-state index is 0.283. The summed E-state index contributed by atoms with van der Waals surface area (Å²) in [6.07, 6.45) is 1.55. The van der Waals surface area contributed by atoms with Crippen molar-refractivity contribution >= 4 is 12.1 Å². The molecule has 4 rings (SSSR count). The molecule has 3 aromatic carbocycles. The summed E-state index contributed by atoms with van der Waals surface area (Å²) in [5.41, 5.74) is 7.25. The van der Waals surface area contributed by atoms with Gasteiger partial charge in [0, 0.05) is 5.56 Å². The number of hydrazone groups is 1. The number of hydrogen-bond donors (Lipinski definition) is 2. The molecule has 0 saturated heterocycles. The lowest BCUT2D eigenvalue weighted by molar-refractivity contribution is 0.0950. The van der Waals surface area contributed by atoms with Crippen molar-refractivity contribution in [3.63, 3.8) is 0 Å². The molecule has 1 heterocycles. The summed E-state index contributed by atoms with van der Waals surface area (Å²) in [4.78, 5) is 12.4. The van der Waals surface area contributed by atoms with Crippen molar-refractivity contribution in [1.82, 2.24) is 15.6 Å². The zero-order valence-corrected chi connectivity index (χ0v) is 19.7. The van der Waals surface area contributed by atoms with Gasteiger partial charge in [-0.2, -0.15) is 10.2 Å². The second kappa shape index (κ2) is 11.0. The summed E-state index contributed by atoms with van der Waals surface area (Å²) in [5.74, 6) is 1.54. The van der Waals surface area contributed by atoms with Gasteiger partial charge in [0.05, 0.1) is 26.1 Å². The highest BCUT2D eigenvalue weighted by molar-refractivity contribution is 5.94. The molecule has 0 bridgehead atoms. The molecule has 4 aromatic rings. The molecule has 0 fully saturated rings. The fourth-order valence-electron chi connectivity index (χ4n) is 3.29. The van der Waals surface area contributed by atoms with Crippen LogP contribution in [0.3, 0.4) is 0 Å². The highest BCUT2D eigenvalue weighted by atomic mass is 16.5. The molecule has 0 aliphatic rings. The van der Waals surface area contributed by atoms with Crippen molar-refractivity contribution in [2.24, 2.45) is 5.10 Å². The van der Waals surface area contributed by atoms with Gasteiger partial charge in [-0.15, -0.1) is 0 Å². The maximum Gasteiger partial charge on any atom is 0.289 e. The molecular weight excluding hydrogens is 444 g/mol. The third kappa shape index (κ3) is 6.05. The molecule has 178 valence electrons. The van der Waals surface area contributed by atoms with Crippen LogP contribution in [0.25, 0.3) is 11.3 Å². The number of carbonyl (C=O) groups excluding carboxylic acids is 1. The van der Waals surface area contributed by atoms with E-state index < -0.39 is 5.91 Å². The highest BCUT2D eigenvalue weighted by Gasteiger charge is 2.13. The summed E-state index contributed by atoms with van der Waals surface area (Å²) in [6, 6.07) is 22.7. The minimum atomic E-state index is -0.404. The molecule has 0 aliphatic carbocycles. The van der Waals surface area contributed by atoms with Crippen LogP contribution < -0.4 is 19.6 Å². The Labute approximate surface area is 203 Å². The Morgan fingerprint density at radius 1 is 0.971 bits per heavy atom. The average Bonchev–Trinajstić information content (AvgIpc) is 3.39. The number of amides is 1. The van der Waals surface area contributed by atoms with Crippen LogP contribution in [0.2, 0.25) is 0 Å². The van der Waals surface area contributed by atoms with Crippen LogP contribution in [0.4, 0.5) is 0 Å². The predicted molar refractivity (Wildman–Crippen MR) is 134 cm³/mol. The quantitative estimate of drug-likeness (QED) is 0.272. The normalized spacial score (nSPS) is 10.8. The van der Waals surface area contributed by atoms with Gasteiger partial charge in [0.25, 0.3) is 5.91 Å². The van der Waals surface area contributed by atoms with Gasteiger partial charge >= 0.3 is 0 Å². The number of benzene rings is 3. The number of aryl methyl sites for hydroxylation is 1. The molecule has 35 heavy (non-hydrogen) atoms. The van der Waals surface area contributed by atoms with Crippen LogP contribution in [0.5, 0.6) is 17.2 Å². The van der Waals surface area contributed by atoms with E-state index in [1.54, 1.807) is 26.5 Å². The van der Waals surface area contributed by atoms with Gasteiger partial charge in [0.1, 0.15) is 18.1 Å². The van der Waals surface area contributed by atoms with Gasteiger partial charge in [-0.1, -0.05) is 29.8 Å². The van der Waals surface area contributed by atoms with Crippen LogP contribution in [-0.4, -0.2) is 36.5 Å². The number of hydrogen-bond acceptors (Lipinski definition) is 6. The topological polar surface area (TPSA) is 97.8 Å². The van der Waals surface area contributed by atoms with Crippen LogP contribution in [0.1, 0.15) is 27.2 Å². The van der Waals surface area contributed by atoms with Gasteiger partial charge in [-0.05, 0) is 66.6 Å². The standard InChI is InChI=1S/C27H26N4O4/c1-18-4-6-20(7-5-18)17-35-25-13-10-21(14-26(25)34-3)23-15-24(30-29-23)27(32)31-28-16-19-8-11-22(33-2)12-9-19/h4-16H,17H2,1-3H3,(H,29,30)(H,31,32). The molecule has 8 nitrogen and oxygen atoms in total. The van der Waals surface area contributed by atoms with E-state index in [4.69, 9.17) is 14.2 Å². The number of nitrogens with zero attached hydrogens (tertiary/aromatic N) is 2. The van der Waals surface area contributed by atoms with E-state index in [2.05, 4.69) is 32.9 Å². The van der Waals surface area contributed by atoms with E-state index in [-0.39, 0.29) is 5.69 Å². The molecular formula is C27H26N4O4. The van der Waals surface area contributed by atoms with E-state index in [9.17, 15) is 4.79 Å². The highest BCUT2D eigenvalue weighted by Crippen LogP contribution is 2.32. The smallest absolute Gasteiger partial charge is 0.289 e. The Bertz CT molecular complexity index is 1310. The lowest BCUT2D eigenvalue weighted by Crippen LogP contribution is -2.17. The van der Waals surface area contributed by atoms with Gasteiger partial charge < -0.3 is 14.2 Å². The Morgan fingerprint density at radius 3 is 2.46 bits per heavy atom. The zero-order valence-electron chi connectivity index (χ0n) is 19.7. The van der Waals surface area contributed by atoms with Crippen molar-refractivity contribution in [2.45, 2.75) is 13.5 Å². The van der Waals surface area contributed by atoms with E-state index in [1.807, 2.05) is 61.5 Å². The Balaban J connectivity index is 1.39. The maximum atomic E-state index is 12.4. The molecule has 0 saturated carbocycles. The van der Waals surface area contributed by atoms with E-state index in [1.165, 1.54) is 5.56 Å². The number of rotatable bonds is 9. The average molecular weight is 471 g/mol. The van der Waals surface area contributed by atoms with Crippen molar-refractivity contribution in [3.8, 4) is 28.5 Å².